The van der Waals surface area contributed by atoms with Gasteiger partial charge in [0.25, 0.3) is 0 Å². The molecule has 0 spiro atoms. The Kier molecular flexibility index (Phi) is 5.64. The molecule has 1 atom stereocenters. The molecule has 0 amide bonds. The molecule has 112 valence electrons. The van der Waals surface area contributed by atoms with Crippen LogP contribution in [0.1, 0.15) is 0 Å². The zero-order chi connectivity index (χ0) is 14.4. The van der Waals surface area contributed by atoms with Crippen LogP contribution in [0.2, 0.25) is 0 Å². The minimum atomic E-state index is -0.201. The number of quaternary nitrogens is 2. The van der Waals surface area contributed by atoms with E-state index < -0.39 is 0 Å². The molecule has 1 aliphatic heterocycles. The summed E-state index contributed by atoms with van der Waals surface area (Å²) in [6, 6.07) is 8.18. The Labute approximate surface area is 121 Å². The van der Waals surface area contributed by atoms with Gasteiger partial charge in [0.05, 0.1) is 46.0 Å². The summed E-state index contributed by atoms with van der Waals surface area (Å²) in [6.45, 7) is 5.80. The van der Waals surface area contributed by atoms with Crippen molar-refractivity contribution in [3.8, 4) is 5.75 Å². The molecule has 1 aliphatic rings. The van der Waals surface area contributed by atoms with Gasteiger partial charge in [0.1, 0.15) is 18.8 Å². The smallest absolute Gasteiger partial charge is 0.151 e. The summed E-state index contributed by atoms with van der Waals surface area (Å²) in [6.07, 6.45) is -0.201. The number of nitrogens with two attached hydrogens (primary N) is 1. The van der Waals surface area contributed by atoms with Crippen LogP contribution in [0.3, 0.4) is 0 Å². The minimum absolute atomic E-state index is 0.201. The number of ether oxygens (including phenoxy) is 1. The van der Waals surface area contributed by atoms with Gasteiger partial charge in [-0.1, -0.05) is 12.1 Å². The van der Waals surface area contributed by atoms with Crippen molar-refractivity contribution < 1.29 is 20.1 Å². The van der Waals surface area contributed by atoms with Crippen LogP contribution in [-0.2, 0) is 0 Å². The van der Waals surface area contributed by atoms with Gasteiger partial charge in [-0.15, -0.1) is 0 Å². The van der Waals surface area contributed by atoms with E-state index in [1.165, 1.54) is 10.6 Å². The van der Waals surface area contributed by atoms with E-state index in [0.717, 1.165) is 45.0 Å². The van der Waals surface area contributed by atoms with Crippen LogP contribution in [0.5, 0.6) is 5.75 Å². The van der Waals surface area contributed by atoms with Gasteiger partial charge in [-0.05, 0) is 12.1 Å². The van der Waals surface area contributed by atoms with Gasteiger partial charge >= 0.3 is 0 Å². The van der Waals surface area contributed by atoms with Crippen LogP contribution in [0, 0.1) is 0 Å². The SMILES string of the molecule is C[NH2+]C[C@@H](O)C[NH+]1CCN(c2ccccc2OC)CC1. The molecule has 1 aromatic rings. The molecule has 1 fully saturated rings. The van der Waals surface area contributed by atoms with Gasteiger partial charge in [-0.3, -0.25) is 0 Å². The third-order valence-electron chi connectivity index (χ3n) is 3.93. The monoisotopic (exact) mass is 281 g/mol. The lowest BCUT2D eigenvalue weighted by molar-refractivity contribution is -0.905. The van der Waals surface area contributed by atoms with Gasteiger partial charge < -0.3 is 25.0 Å². The summed E-state index contributed by atoms with van der Waals surface area (Å²) in [4.78, 5) is 3.87. The fourth-order valence-electron chi connectivity index (χ4n) is 2.85. The van der Waals surface area contributed by atoms with Crippen LogP contribution in [0.25, 0.3) is 0 Å². The second-order valence-corrected chi connectivity index (χ2v) is 5.41. The fraction of sp³-hybridized carbons (Fsp3) is 0.600. The van der Waals surface area contributed by atoms with E-state index >= 15 is 0 Å². The van der Waals surface area contributed by atoms with E-state index in [9.17, 15) is 5.11 Å². The van der Waals surface area contributed by atoms with Crippen molar-refractivity contribution in [1.82, 2.24) is 0 Å². The first-order chi connectivity index (χ1) is 9.74. The molecule has 20 heavy (non-hydrogen) atoms. The Morgan fingerprint density at radius 1 is 1.35 bits per heavy atom. The number of likely N-dealkylation sites (N-methyl/N-ethyl adjacent to an activating group) is 1. The standard InChI is InChI=1S/C15H25N3O2/c1-16-11-13(19)12-17-7-9-18(10-8-17)14-5-3-4-6-15(14)20-2/h3-6,13,16,19H,7-12H2,1-2H3/p+2/t13-/m1/s1. The summed E-state index contributed by atoms with van der Waals surface area (Å²) in [5.74, 6) is 0.941. The molecular formula is C15H27N3O2+2. The van der Waals surface area contributed by atoms with Crippen molar-refractivity contribution >= 4 is 5.69 Å². The highest BCUT2D eigenvalue weighted by Crippen LogP contribution is 2.27. The maximum Gasteiger partial charge on any atom is 0.151 e. The molecule has 0 aliphatic carbocycles. The van der Waals surface area contributed by atoms with Gasteiger partial charge in [0, 0.05) is 0 Å². The molecule has 0 unspecified atom stereocenters. The fourth-order valence-corrected chi connectivity index (χ4v) is 2.85. The third kappa shape index (κ3) is 3.85. The average molecular weight is 281 g/mol. The number of rotatable bonds is 6. The van der Waals surface area contributed by atoms with Gasteiger partial charge in [0.15, 0.2) is 6.10 Å². The maximum absolute atomic E-state index is 9.88. The van der Waals surface area contributed by atoms with Gasteiger partial charge in [-0.2, -0.15) is 0 Å². The van der Waals surface area contributed by atoms with E-state index in [0.29, 0.717) is 0 Å². The number of methoxy groups -OCH3 is 1. The lowest BCUT2D eigenvalue weighted by atomic mass is 10.2. The van der Waals surface area contributed by atoms with Crippen LogP contribution in [0.4, 0.5) is 5.69 Å². The summed E-state index contributed by atoms with van der Waals surface area (Å²) >= 11 is 0. The number of aliphatic hydroxyl groups is 1. The van der Waals surface area contributed by atoms with Crippen molar-refractivity contribution in [2.75, 3.05) is 58.3 Å². The average Bonchev–Trinajstić information content (AvgIpc) is 2.48. The van der Waals surface area contributed by atoms with Crippen molar-refractivity contribution in [2.45, 2.75) is 6.10 Å². The number of hydrogen-bond acceptors (Lipinski definition) is 3. The highest BCUT2D eigenvalue weighted by Gasteiger charge is 2.24. The van der Waals surface area contributed by atoms with E-state index in [2.05, 4.69) is 17.0 Å². The Morgan fingerprint density at radius 3 is 2.70 bits per heavy atom. The summed E-state index contributed by atoms with van der Waals surface area (Å²) in [5.41, 5.74) is 1.18. The maximum atomic E-state index is 9.88. The first kappa shape index (κ1) is 15.1. The third-order valence-corrected chi connectivity index (χ3v) is 3.93. The molecule has 4 N–H and O–H groups in total. The first-order valence-electron chi connectivity index (χ1n) is 7.42. The van der Waals surface area contributed by atoms with Crippen LogP contribution < -0.4 is 19.9 Å². The summed E-state index contributed by atoms with van der Waals surface area (Å²) < 4.78 is 5.43. The molecule has 1 saturated heterocycles. The van der Waals surface area contributed by atoms with Gasteiger partial charge in [0.2, 0.25) is 0 Å². The number of nitrogens with zero attached hydrogens (tertiary/aromatic N) is 1. The quantitative estimate of drug-likeness (QED) is 0.563. The molecule has 2 rings (SSSR count). The highest BCUT2D eigenvalue weighted by molar-refractivity contribution is 5.58. The number of anilines is 1. The zero-order valence-electron chi connectivity index (χ0n) is 12.5. The molecule has 5 heteroatoms. The van der Waals surface area contributed by atoms with E-state index in [4.69, 9.17) is 4.74 Å². The number of benzene rings is 1. The van der Waals surface area contributed by atoms with Crippen LogP contribution in [0.15, 0.2) is 24.3 Å². The number of piperazine rings is 1. The Hall–Kier alpha value is -1.30. The normalized spacial score (nSPS) is 18.1. The number of hydrogen-bond donors (Lipinski definition) is 3. The van der Waals surface area contributed by atoms with Crippen molar-refractivity contribution in [3.05, 3.63) is 24.3 Å². The van der Waals surface area contributed by atoms with Crippen LogP contribution in [-0.4, -0.2) is 64.6 Å². The van der Waals surface area contributed by atoms with Crippen molar-refractivity contribution in [2.24, 2.45) is 0 Å². The number of nitrogens with one attached hydrogen (secondary N) is 1. The summed E-state index contributed by atoms with van der Waals surface area (Å²) in [5, 5.41) is 11.9. The molecule has 0 radical (unpaired) electrons. The van der Waals surface area contributed by atoms with Crippen molar-refractivity contribution in [3.63, 3.8) is 0 Å². The minimum Gasteiger partial charge on any atom is -0.495 e. The van der Waals surface area contributed by atoms with Gasteiger partial charge in [-0.25, -0.2) is 0 Å². The highest BCUT2D eigenvalue weighted by atomic mass is 16.5. The first-order valence-corrected chi connectivity index (χ1v) is 7.42. The molecule has 1 heterocycles. The second kappa shape index (κ2) is 7.47. The predicted octanol–water partition coefficient (Wildman–Crippen LogP) is -2.05. The van der Waals surface area contributed by atoms with Crippen molar-refractivity contribution in [1.29, 1.82) is 0 Å². The Bertz CT molecular complexity index is 406. The molecular weight excluding hydrogens is 254 g/mol. The van der Waals surface area contributed by atoms with E-state index in [1.807, 2.05) is 24.5 Å². The number of para-hydroxylation sites is 2. The summed E-state index contributed by atoms with van der Waals surface area (Å²) in [7, 11) is 3.72. The number of aliphatic hydroxyl groups excluding tert-OH is 1. The second-order valence-electron chi connectivity index (χ2n) is 5.41. The Balaban J connectivity index is 1.88. The predicted molar refractivity (Wildman–Crippen MR) is 79.5 cm³/mol. The Morgan fingerprint density at radius 2 is 2.05 bits per heavy atom. The molecule has 1 aromatic carbocycles. The molecule has 0 saturated carbocycles. The molecule has 5 nitrogen and oxygen atoms in total. The molecule has 0 aromatic heterocycles. The lowest BCUT2D eigenvalue weighted by Crippen LogP contribution is -3.16. The van der Waals surface area contributed by atoms with Crippen LogP contribution >= 0.6 is 0 Å². The van der Waals surface area contributed by atoms with E-state index in [1.54, 1.807) is 7.11 Å². The topological polar surface area (TPSA) is 53.8 Å². The largest absolute Gasteiger partial charge is 0.495 e. The van der Waals surface area contributed by atoms with E-state index in [-0.39, 0.29) is 6.10 Å². The lowest BCUT2D eigenvalue weighted by Gasteiger charge is -2.34. The zero-order valence-corrected chi connectivity index (χ0v) is 12.5. The molecule has 0 bridgehead atoms.